The van der Waals surface area contributed by atoms with Crippen molar-refractivity contribution in [3.63, 3.8) is 0 Å². The van der Waals surface area contributed by atoms with E-state index in [1.807, 2.05) is 48.5 Å². The van der Waals surface area contributed by atoms with Crippen molar-refractivity contribution in [2.75, 3.05) is 66.6 Å². The van der Waals surface area contributed by atoms with Gasteiger partial charge in [-0.3, -0.25) is 0 Å². The second-order valence-electron chi connectivity index (χ2n) is 17.5. The van der Waals surface area contributed by atoms with Crippen LogP contribution in [0.15, 0.2) is 101 Å². The Morgan fingerprint density at radius 3 is 1.43 bits per heavy atom. The molecule has 0 amide bonds. The Morgan fingerprint density at radius 1 is 0.517 bits per heavy atom. The number of rotatable bonds is 12. The fraction of sp³-hybridized carbons (Fsp3) is 0.500. The number of methoxy groups -OCH3 is 2. The molecule has 0 aliphatic carbocycles. The third-order valence-corrected chi connectivity index (χ3v) is 17.7. The van der Waals surface area contributed by atoms with Crippen LogP contribution in [-0.2, 0) is 26.5 Å². The van der Waals surface area contributed by atoms with E-state index in [4.69, 9.17) is 9.47 Å². The molecular formula is C48H62N4O6S2. The van der Waals surface area contributed by atoms with Gasteiger partial charge < -0.3 is 19.3 Å². The van der Waals surface area contributed by atoms with E-state index in [1.165, 1.54) is 18.4 Å². The number of hydrogen-bond donors (Lipinski definition) is 0. The van der Waals surface area contributed by atoms with Gasteiger partial charge >= 0.3 is 0 Å². The van der Waals surface area contributed by atoms with Gasteiger partial charge in [-0.2, -0.15) is 8.61 Å². The van der Waals surface area contributed by atoms with Crippen molar-refractivity contribution in [1.82, 2.24) is 18.4 Å². The Hall–Kier alpha value is -3.78. The highest BCUT2D eigenvalue weighted by Gasteiger charge is 2.35. The first-order valence-electron chi connectivity index (χ1n) is 22.0. The van der Waals surface area contributed by atoms with Gasteiger partial charge in [0, 0.05) is 43.8 Å². The number of ether oxygens (including phenoxy) is 2. The summed E-state index contributed by atoms with van der Waals surface area (Å²) in [5, 5.41) is 0. The van der Waals surface area contributed by atoms with Crippen molar-refractivity contribution >= 4 is 20.0 Å². The van der Waals surface area contributed by atoms with Crippen molar-refractivity contribution in [2.45, 2.75) is 86.6 Å². The Labute approximate surface area is 358 Å². The topological polar surface area (TPSA) is 99.7 Å². The third kappa shape index (κ3) is 9.49. The van der Waals surface area contributed by atoms with E-state index in [9.17, 15) is 16.8 Å². The molecule has 12 heteroatoms. The molecule has 0 N–H and O–H groups in total. The molecule has 10 nitrogen and oxygen atoms in total. The first-order chi connectivity index (χ1) is 29.0. The van der Waals surface area contributed by atoms with Crippen LogP contribution in [0.4, 0.5) is 0 Å². The molecule has 0 atom stereocenters. The number of hydrogen-bond acceptors (Lipinski definition) is 8. The molecule has 4 fully saturated rings. The Kier molecular flexibility index (Phi) is 13.4. The lowest BCUT2D eigenvalue weighted by atomic mass is 9.88. The summed E-state index contributed by atoms with van der Waals surface area (Å²) >= 11 is 0. The SMILES string of the molecule is COc1ccc(-c2ccc(S(=O)(=O)N3CCC(N4CCC(Cc5ccc(-c6ccc(S(=O)(=O)N7CCC(N8CCC(C)CC8)CC7)cc6)c(OC)c5)CC4)CC3)cc2)cc1. The van der Waals surface area contributed by atoms with Crippen LogP contribution in [0, 0.1) is 11.8 Å². The lowest BCUT2D eigenvalue weighted by Gasteiger charge is -2.41. The second-order valence-corrected chi connectivity index (χ2v) is 21.4. The minimum atomic E-state index is -3.56. The predicted molar refractivity (Wildman–Crippen MR) is 238 cm³/mol. The molecule has 322 valence electrons. The summed E-state index contributed by atoms with van der Waals surface area (Å²) in [4.78, 5) is 5.85. The molecule has 0 aromatic heterocycles. The highest BCUT2D eigenvalue weighted by molar-refractivity contribution is 7.89. The summed E-state index contributed by atoms with van der Waals surface area (Å²) in [6.07, 6.45) is 9.14. The highest BCUT2D eigenvalue weighted by Crippen LogP contribution is 2.35. The van der Waals surface area contributed by atoms with Gasteiger partial charge in [-0.15, -0.1) is 0 Å². The molecule has 4 heterocycles. The maximum absolute atomic E-state index is 13.6. The second kappa shape index (κ2) is 18.7. The van der Waals surface area contributed by atoms with Crippen molar-refractivity contribution in [2.24, 2.45) is 11.8 Å². The summed E-state index contributed by atoms with van der Waals surface area (Å²) in [5.74, 6) is 2.94. The number of piperidine rings is 4. The summed E-state index contributed by atoms with van der Waals surface area (Å²) in [5.41, 5.74) is 5.11. The Bertz CT molecular complexity index is 2250. The molecule has 4 saturated heterocycles. The molecule has 0 bridgehead atoms. The van der Waals surface area contributed by atoms with Gasteiger partial charge in [0.15, 0.2) is 0 Å². The van der Waals surface area contributed by atoms with Crippen molar-refractivity contribution in [3.05, 3.63) is 96.6 Å². The summed E-state index contributed by atoms with van der Waals surface area (Å²) in [6, 6.07) is 29.6. The number of benzene rings is 4. The van der Waals surface area contributed by atoms with Crippen molar-refractivity contribution < 1.29 is 26.3 Å². The summed E-state index contributed by atoms with van der Waals surface area (Å²) < 4.78 is 68.9. The van der Waals surface area contributed by atoms with E-state index in [1.54, 1.807) is 47.1 Å². The van der Waals surface area contributed by atoms with Gasteiger partial charge in [0.2, 0.25) is 20.0 Å². The van der Waals surface area contributed by atoms with Crippen molar-refractivity contribution in [1.29, 1.82) is 0 Å². The van der Waals surface area contributed by atoms with E-state index < -0.39 is 20.0 Å². The van der Waals surface area contributed by atoms with Gasteiger partial charge in [0.1, 0.15) is 11.5 Å². The molecule has 4 aromatic rings. The van der Waals surface area contributed by atoms with Gasteiger partial charge in [-0.25, -0.2) is 16.8 Å². The van der Waals surface area contributed by atoms with E-state index in [2.05, 4.69) is 34.9 Å². The van der Waals surface area contributed by atoms with Gasteiger partial charge in [0.05, 0.1) is 24.0 Å². The van der Waals surface area contributed by atoms with Crippen LogP contribution in [0.25, 0.3) is 22.3 Å². The molecular weight excluding hydrogens is 793 g/mol. The molecule has 8 rings (SSSR count). The number of nitrogens with zero attached hydrogens (tertiary/aromatic N) is 4. The normalized spacial score (nSPS) is 20.6. The Morgan fingerprint density at radius 2 is 0.967 bits per heavy atom. The zero-order valence-electron chi connectivity index (χ0n) is 35.5. The third-order valence-electron chi connectivity index (χ3n) is 13.9. The van der Waals surface area contributed by atoms with Crippen LogP contribution >= 0.6 is 0 Å². The smallest absolute Gasteiger partial charge is 0.243 e. The quantitative estimate of drug-likeness (QED) is 0.141. The van der Waals surface area contributed by atoms with Gasteiger partial charge in [0.25, 0.3) is 0 Å². The Balaban J connectivity index is 0.803. The molecule has 4 aromatic carbocycles. The molecule has 0 spiro atoms. The monoisotopic (exact) mass is 854 g/mol. The van der Waals surface area contributed by atoms with Crippen molar-refractivity contribution in [3.8, 4) is 33.8 Å². The maximum Gasteiger partial charge on any atom is 0.243 e. The molecule has 0 radical (unpaired) electrons. The highest BCUT2D eigenvalue weighted by atomic mass is 32.2. The number of sulfonamides is 2. The minimum absolute atomic E-state index is 0.344. The van der Waals surface area contributed by atoms with Crippen LogP contribution in [0.1, 0.15) is 63.9 Å². The molecule has 4 aliphatic heterocycles. The van der Waals surface area contributed by atoms with E-state index in [-0.39, 0.29) is 0 Å². The zero-order chi connectivity index (χ0) is 41.9. The van der Waals surface area contributed by atoms with E-state index in [0.29, 0.717) is 54.0 Å². The van der Waals surface area contributed by atoms with E-state index >= 15 is 0 Å². The molecule has 60 heavy (non-hydrogen) atoms. The zero-order valence-corrected chi connectivity index (χ0v) is 37.2. The predicted octanol–water partition coefficient (Wildman–Crippen LogP) is 8.03. The van der Waals surface area contributed by atoms with Crippen LogP contribution < -0.4 is 9.47 Å². The average molecular weight is 855 g/mol. The van der Waals surface area contributed by atoms with Gasteiger partial charge in [-0.1, -0.05) is 55.5 Å². The van der Waals surface area contributed by atoms with E-state index in [0.717, 1.165) is 111 Å². The van der Waals surface area contributed by atoms with Crippen LogP contribution in [0.5, 0.6) is 11.5 Å². The van der Waals surface area contributed by atoms with Crippen LogP contribution in [0.3, 0.4) is 0 Å². The first-order valence-corrected chi connectivity index (χ1v) is 24.9. The maximum atomic E-state index is 13.6. The van der Waals surface area contributed by atoms with Gasteiger partial charge in [-0.05, 0) is 161 Å². The largest absolute Gasteiger partial charge is 0.497 e. The number of likely N-dealkylation sites (tertiary alicyclic amines) is 2. The molecule has 0 saturated carbocycles. The molecule has 4 aliphatic rings. The molecule has 0 unspecified atom stereocenters. The van der Waals surface area contributed by atoms with Crippen LogP contribution in [0.2, 0.25) is 0 Å². The fourth-order valence-corrected chi connectivity index (χ4v) is 12.9. The minimum Gasteiger partial charge on any atom is -0.497 e. The summed E-state index contributed by atoms with van der Waals surface area (Å²) in [6.45, 7) is 8.86. The lowest BCUT2D eigenvalue weighted by Crippen LogP contribution is -2.49. The standard InChI is InChI=1S/C48H62N4O6S2/c1-36-18-26-49(27-19-36)42-22-30-52(31-23-42)60(55,56)46-15-9-41(10-16-46)47-17-4-38(35-48(47)58-3)34-37-20-28-50(29-21-37)43-24-32-51(33-25-43)59(53,54)45-13-7-40(8-14-45)39-5-11-44(57-2)12-6-39/h4-17,35-37,42-43H,18-34H2,1-3H3. The average Bonchev–Trinajstić information content (AvgIpc) is 3.29. The fourth-order valence-electron chi connectivity index (χ4n) is 9.95. The summed E-state index contributed by atoms with van der Waals surface area (Å²) in [7, 11) is -3.77. The lowest BCUT2D eigenvalue weighted by molar-refractivity contribution is 0.0970. The van der Waals surface area contributed by atoms with Crippen LogP contribution in [-0.4, -0.2) is 114 Å². The first kappa shape index (κ1) is 42.9.